The zero-order valence-corrected chi connectivity index (χ0v) is 17.1. The lowest BCUT2D eigenvalue weighted by Gasteiger charge is -2.26. The smallest absolute Gasteiger partial charge is 0.342 e. The van der Waals surface area contributed by atoms with Gasteiger partial charge in [-0.05, 0) is 38.0 Å². The molecule has 6 nitrogen and oxygen atoms in total. The molecule has 2 aromatic heterocycles. The Morgan fingerprint density at radius 3 is 2.83 bits per heavy atom. The molecule has 2 heterocycles. The predicted molar refractivity (Wildman–Crippen MR) is 101 cm³/mol. The van der Waals surface area contributed by atoms with Gasteiger partial charge >= 0.3 is 5.97 Å². The molecule has 0 spiro atoms. The minimum absolute atomic E-state index is 0.306. The van der Waals surface area contributed by atoms with Crippen molar-refractivity contribution in [2.24, 2.45) is 0 Å². The fourth-order valence-corrected chi connectivity index (χ4v) is 2.99. The minimum atomic E-state index is -0.549. The van der Waals surface area contributed by atoms with E-state index in [4.69, 9.17) is 21.1 Å². The summed E-state index contributed by atoms with van der Waals surface area (Å²) in [5.74, 6) is -0.437. The van der Waals surface area contributed by atoms with Crippen LogP contribution in [0.3, 0.4) is 0 Å². The maximum absolute atomic E-state index is 12.7. The van der Waals surface area contributed by atoms with Crippen molar-refractivity contribution < 1.29 is 14.3 Å². The summed E-state index contributed by atoms with van der Waals surface area (Å²) in [6.07, 6.45) is 2.90. The summed E-state index contributed by atoms with van der Waals surface area (Å²) in [5, 5.41) is 4.51. The second-order valence-corrected chi connectivity index (χ2v) is 7.58. The number of nitrogens with zero attached hydrogens (tertiary/aromatic N) is 3. The van der Waals surface area contributed by atoms with Crippen molar-refractivity contribution in [1.29, 1.82) is 0 Å². The van der Waals surface area contributed by atoms with Crippen LogP contribution in [-0.4, -0.2) is 37.7 Å². The standard InChI is InChI=1S/C16H21ClIN3O3/c1-10(23-4)14-11(9-19-13-8-12(17)20-21(13)14)15(22)24-16(2,3)6-5-7-18/h8-10H,5-7H2,1-4H3/t10-/m0/s1. The van der Waals surface area contributed by atoms with Crippen molar-refractivity contribution >= 4 is 45.8 Å². The lowest BCUT2D eigenvalue weighted by atomic mass is 10.0. The Labute approximate surface area is 160 Å². The molecule has 0 fully saturated rings. The van der Waals surface area contributed by atoms with Crippen molar-refractivity contribution in [3.63, 3.8) is 0 Å². The number of hydrogen-bond acceptors (Lipinski definition) is 5. The molecule has 0 radical (unpaired) electrons. The van der Waals surface area contributed by atoms with E-state index < -0.39 is 11.6 Å². The molecule has 2 rings (SSSR count). The van der Waals surface area contributed by atoms with Crippen LogP contribution < -0.4 is 0 Å². The fourth-order valence-electron chi connectivity index (χ4n) is 2.43. The van der Waals surface area contributed by atoms with Crippen LogP contribution in [0.1, 0.15) is 55.8 Å². The van der Waals surface area contributed by atoms with E-state index in [1.807, 2.05) is 20.8 Å². The van der Waals surface area contributed by atoms with Gasteiger partial charge in [0.25, 0.3) is 0 Å². The van der Waals surface area contributed by atoms with E-state index in [1.54, 1.807) is 13.2 Å². The number of methoxy groups -OCH3 is 1. The highest BCUT2D eigenvalue weighted by atomic mass is 127. The van der Waals surface area contributed by atoms with Crippen molar-refractivity contribution in [3.8, 4) is 0 Å². The van der Waals surface area contributed by atoms with Crippen LogP contribution in [0.25, 0.3) is 5.65 Å². The lowest BCUT2D eigenvalue weighted by Crippen LogP contribution is -2.29. The van der Waals surface area contributed by atoms with Crippen LogP contribution >= 0.6 is 34.2 Å². The average Bonchev–Trinajstić information content (AvgIpc) is 2.90. The van der Waals surface area contributed by atoms with Gasteiger partial charge in [-0.2, -0.15) is 5.10 Å². The number of aromatic nitrogens is 3. The molecule has 0 unspecified atom stereocenters. The number of hydrogen-bond donors (Lipinski definition) is 0. The number of fused-ring (bicyclic) bond motifs is 1. The Balaban J connectivity index is 2.41. The normalized spacial score (nSPS) is 13.2. The zero-order valence-electron chi connectivity index (χ0n) is 14.2. The fraction of sp³-hybridized carbons (Fsp3) is 0.562. The van der Waals surface area contributed by atoms with Crippen molar-refractivity contribution in [2.45, 2.75) is 45.3 Å². The van der Waals surface area contributed by atoms with Gasteiger partial charge in [0.05, 0.1) is 11.8 Å². The van der Waals surface area contributed by atoms with Gasteiger partial charge in [-0.25, -0.2) is 14.3 Å². The Morgan fingerprint density at radius 2 is 2.21 bits per heavy atom. The van der Waals surface area contributed by atoms with Gasteiger partial charge in [-0.3, -0.25) is 0 Å². The quantitative estimate of drug-likeness (QED) is 0.348. The number of rotatable bonds is 7. The number of carbonyl (C=O) groups excluding carboxylic acids is 1. The highest BCUT2D eigenvalue weighted by Gasteiger charge is 2.28. The first-order chi connectivity index (χ1) is 11.3. The van der Waals surface area contributed by atoms with E-state index in [1.165, 1.54) is 10.7 Å². The number of esters is 1. The minimum Gasteiger partial charge on any atom is -0.456 e. The van der Waals surface area contributed by atoms with Gasteiger partial charge in [0.15, 0.2) is 10.8 Å². The van der Waals surface area contributed by atoms with Crippen LogP contribution in [-0.2, 0) is 9.47 Å². The Morgan fingerprint density at radius 1 is 1.50 bits per heavy atom. The molecule has 8 heteroatoms. The first-order valence-corrected chi connectivity index (χ1v) is 9.55. The topological polar surface area (TPSA) is 65.7 Å². The van der Waals surface area contributed by atoms with Crippen molar-refractivity contribution in [1.82, 2.24) is 14.6 Å². The Hall–Kier alpha value is -0.930. The molecular weight excluding hydrogens is 445 g/mol. The largest absolute Gasteiger partial charge is 0.456 e. The summed E-state index contributed by atoms with van der Waals surface area (Å²) in [7, 11) is 1.57. The van der Waals surface area contributed by atoms with E-state index in [2.05, 4.69) is 32.7 Å². The summed E-state index contributed by atoms with van der Waals surface area (Å²) in [5.41, 5.74) is 0.912. The molecule has 0 aliphatic heterocycles. The molecule has 1 atom stereocenters. The van der Waals surface area contributed by atoms with Gasteiger partial charge in [0.2, 0.25) is 0 Å². The maximum atomic E-state index is 12.7. The number of alkyl halides is 1. The third-order valence-corrected chi connectivity index (χ3v) is 4.68. The molecular formula is C16H21ClIN3O3. The monoisotopic (exact) mass is 465 g/mol. The third-order valence-electron chi connectivity index (χ3n) is 3.73. The van der Waals surface area contributed by atoms with Crippen LogP contribution in [0.15, 0.2) is 12.3 Å². The number of carbonyl (C=O) groups is 1. The zero-order chi connectivity index (χ0) is 17.9. The van der Waals surface area contributed by atoms with E-state index in [-0.39, 0.29) is 6.10 Å². The van der Waals surface area contributed by atoms with Gasteiger partial charge < -0.3 is 9.47 Å². The number of ether oxygens (including phenoxy) is 2. The first kappa shape index (κ1) is 19.4. The second kappa shape index (κ2) is 7.97. The summed E-state index contributed by atoms with van der Waals surface area (Å²) in [6.45, 7) is 5.66. The van der Waals surface area contributed by atoms with Gasteiger partial charge in [0.1, 0.15) is 11.2 Å². The summed E-state index contributed by atoms with van der Waals surface area (Å²) in [6, 6.07) is 1.63. The summed E-state index contributed by atoms with van der Waals surface area (Å²) < 4.78 is 13.7. The average molecular weight is 466 g/mol. The second-order valence-electron chi connectivity index (χ2n) is 6.11. The lowest BCUT2D eigenvalue weighted by molar-refractivity contribution is -0.00533. The molecule has 0 bridgehead atoms. The van der Waals surface area contributed by atoms with Crippen LogP contribution in [0, 0.1) is 0 Å². The number of halogens is 2. The Kier molecular flexibility index (Phi) is 6.44. The first-order valence-electron chi connectivity index (χ1n) is 7.65. The molecule has 0 aliphatic carbocycles. The van der Waals surface area contributed by atoms with Crippen LogP contribution in [0.4, 0.5) is 0 Å². The van der Waals surface area contributed by atoms with Crippen LogP contribution in [0.5, 0.6) is 0 Å². The van der Waals surface area contributed by atoms with Gasteiger partial charge in [-0.1, -0.05) is 34.2 Å². The van der Waals surface area contributed by atoms with Crippen molar-refractivity contribution in [2.75, 3.05) is 11.5 Å². The molecule has 0 saturated heterocycles. The molecule has 0 saturated carbocycles. The van der Waals surface area contributed by atoms with E-state index >= 15 is 0 Å². The highest BCUT2D eigenvalue weighted by molar-refractivity contribution is 14.1. The van der Waals surface area contributed by atoms with E-state index in [9.17, 15) is 4.79 Å². The summed E-state index contributed by atoms with van der Waals surface area (Å²) in [4.78, 5) is 17.0. The molecule has 24 heavy (non-hydrogen) atoms. The SMILES string of the molecule is CO[C@@H](C)c1c(C(=O)OC(C)(C)CCCI)cnc2cc(Cl)nn12. The van der Waals surface area contributed by atoms with Crippen LogP contribution in [0.2, 0.25) is 5.15 Å². The molecule has 0 amide bonds. The van der Waals surface area contributed by atoms with Crippen molar-refractivity contribution in [3.05, 3.63) is 28.7 Å². The van der Waals surface area contributed by atoms with Gasteiger partial charge in [0, 0.05) is 19.4 Å². The molecule has 2 aromatic rings. The van der Waals surface area contributed by atoms with E-state index in [0.717, 1.165) is 17.3 Å². The predicted octanol–water partition coefficient (Wildman–Crippen LogP) is 4.24. The summed E-state index contributed by atoms with van der Waals surface area (Å²) >= 11 is 8.28. The highest BCUT2D eigenvalue weighted by Crippen LogP contribution is 2.26. The molecule has 0 N–H and O–H groups in total. The molecule has 132 valence electrons. The van der Waals surface area contributed by atoms with E-state index in [0.29, 0.717) is 22.1 Å². The molecule has 0 aliphatic rings. The third kappa shape index (κ3) is 4.37. The Bertz CT molecular complexity index is 733. The molecule has 0 aromatic carbocycles. The maximum Gasteiger partial charge on any atom is 0.342 e. The van der Waals surface area contributed by atoms with Gasteiger partial charge in [-0.15, -0.1) is 0 Å².